The van der Waals surface area contributed by atoms with Gasteiger partial charge in [0.1, 0.15) is 5.01 Å². The quantitative estimate of drug-likeness (QED) is 0.291. The maximum absolute atomic E-state index is 12.6. The van der Waals surface area contributed by atoms with Crippen LogP contribution in [0.1, 0.15) is 24.6 Å². The lowest BCUT2D eigenvalue weighted by Crippen LogP contribution is -2.17. The van der Waals surface area contributed by atoms with Gasteiger partial charge in [0.2, 0.25) is 0 Å². The molecule has 0 aliphatic heterocycles. The molecular weight excluding hydrogens is 444 g/mol. The highest BCUT2D eigenvalue weighted by Gasteiger charge is 2.16. The van der Waals surface area contributed by atoms with Gasteiger partial charge >= 0.3 is 6.09 Å². The number of aromatic nitrogens is 3. The smallest absolute Gasteiger partial charge is 0.406 e. The lowest BCUT2D eigenvalue weighted by atomic mass is 10.2. The molecule has 0 spiro atoms. The van der Waals surface area contributed by atoms with Crippen molar-refractivity contribution >= 4 is 33.3 Å². The monoisotopic (exact) mass is 468 g/mol. The van der Waals surface area contributed by atoms with Crippen molar-refractivity contribution in [3.05, 3.63) is 90.3 Å². The zero-order chi connectivity index (χ0) is 23.5. The van der Waals surface area contributed by atoms with E-state index in [1.807, 2.05) is 65.3 Å². The third kappa shape index (κ3) is 4.56. The average Bonchev–Trinajstić information content (AvgIpc) is 3.44. The Labute approximate surface area is 201 Å². The van der Waals surface area contributed by atoms with Crippen molar-refractivity contribution in [2.24, 2.45) is 0 Å². The lowest BCUT2D eigenvalue weighted by Gasteiger charge is -2.10. The molecule has 0 aliphatic rings. The molecule has 0 fully saturated rings. The predicted molar refractivity (Wildman–Crippen MR) is 137 cm³/mol. The molecule has 170 valence electrons. The van der Waals surface area contributed by atoms with Crippen molar-refractivity contribution in [3.8, 4) is 22.0 Å². The van der Waals surface area contributed by atoms with Gasteiger partial charge in [0.15, 0.2) is 5.75 Å². The number of anilines is 1. The summed E-state index contributed by atoms with van der Waals surface area (Å²) in [6.07, 6.45) is 2.69. The molecule has 2 aromatic heterocycles. The number of hydrogen-bond donors (Lipinski definition) is 1. The van der Waals surface area contributed by atoms with Crippen molar-refractivity contribution in [1.29, 1.82) is 0 Å². The Balaban J connectivity index is 1.30. The van der Waals surface area contributed by atoms with Gasteiger partial charge in [0.05, 0.1) is 27.8 Å². The Morgan fingerprint density at radius 3 is 2.62 bits per heavy atom. The second-order valence-corrected chi connectivity index (χ2v) is 9.07. The first-order chi connectivity index (χ1) is 16.6. The number of fused-ring (bicyclic) bond motifs is 1. The van der Waals surface area contributed by atoms with Crippen LogP contribution in [-0.2, 0) is 6.42 Å². The van der Waals surface area contributed by atoms with Gasteiger partial charge in [-0.1, -0.05) is 37.6 Å². The third-order valence-corrected chi connectivity index (χ3v) is 6.51. The van der Waals surface area contributed by atoms with Gasteiger partial charge in [0, 0.05) is 11.3 Å². The van der Waals surface area contributed by atoms with E-state index < -0.39 is 6.09 Å². The number of carbonyl (C=O) groups excluding carboxylic acids is 1. The van der Waals surface area contributed by atoms with Crippen LogP contribution in [0.15, 0.2) is 79.0 Å². The summed E-state index contributed by atoms with van der Waals surface area (Å²) in [4.78, 5) is 17.3. The molecule has 1 N–H and O–H groups in total. The van der Waals surface area contributed by atoms with Crippen LogP contribution >= 0.6 is 11.3 Å². The minimum absolute atomic E-state index is 0.463. The first-order valence-electron chi connectivity index (χ1n) is 11.2. The number of aryl methyl sites for hydroxylation is 1. The van der Waals surface area contributed by atoms with Gasteiger partial charge in [-0.15, -0.1) is 11.3 Å². The second-order valence-electron chi connectivity index (χ2n) is 8.03. The van der Waals surface area contributed by atoms with Crippen LogP contribution in [0.3, 0.4) is 0 Å². The maximum atomic E-state index is 12.6. The highest BCUT2D eigenvalue weighted by Crippen LogP contribution is 2.31. The molecule has 0 saturated carbocycles. The van der Waals surface area contributed by atoms with Gasteiger partial charge < -0.3 is 4.74 Å². The fourth-order valence-electron chi connectivity index (χ4n) is 3.80. The van der Waals surface area contributed by atoms with E-state index in [4.69, 9.17) is 9.72 Å². The number of benzene rings is 3. The van der Waals surface area contributed by atoms with Gasteiger partial charge in [-0.2, -0.15) is 5.10 Å². The molecule has 0 aliphatic carbocycles. The first kappa shape index (κ1) is 21.9. The first-order valence-corrected chi connectivity index (χ1v) is 12.0. The van der Waals surface area contributed by atoms with Crippen LogP contribution in [0.2, 0.25) is 0 Å². The van der Waals surface area contributed by atoms with Gasteiger partial charge in [-0.3, -0.25) is 5.32 Å². The summed E-state index contributed by atoms with van der Waals surface area (Å²) >= 11 is 1.66. The number of thiazole rings is 1. The van der Waals surface area contributed by atoms with Gasteiger partial charge in [-0.25, -0.2) is 14.5 Å². The standard InChI is InChI=1S/C27H24N4O2S/c1-3-7-23-24(17-28-31(23)21-8-5-4-6-9-21)33-27(32)29-20-13-11-19(12-14-20)26-30-22-15-10-18(2)16-25(22)34-26/h4-6,8-17H,3,7H2,1-2H3,(H,29,32). The van der Waals surface area contributed by atoms with Crippen molar-refractivity contribution in [2.45, 2.75) is 26.7 Å². The Morgan fingerprint density at radius 2 is 1.85 bits per heavy atom. The second kappa shape index (κ2) is 9.49. The summed E-state index contributed by atoms with van der Waals surface area (Å²) in [5, 5.41) is 8.20. The van der Waals surface area contributed by atoms with Gasteiger partial charge in [0.25, 0.3) is 0 Å². The summed E-state index contributed by atoms with van der Waals surface area (Å²) in [6, 6.07) is 23.7. The molecule has 6 nitrogen and oxygen atoms in total. The fourth-order valence-corrected chi connectivity index (χ4v) is 4.87. The molecule has 5 rings (SSSR count). The fraction of sp³-hybridized carbons (Fsp3) is 0.148. The number of carbonyl (C=O) groups is 1. The van der Waals surface area contributed by atoms with Crippen LogP contribution in [0, 0.1) is 6.92 Å². The molecule has 0 radical (unpaired) electrons. The summed E-state index contributed by atoms with van der Waals surface area (Å²) in [5.74, 6) is 0.463. The van der Waals surface area contributed by atoms with E-state index in [0.29, 0.717) is 11.4 Å². The predicted octanol–water partition coefficient (Wildman–Crippen LogP) is 7.02. The van der Waals surface area contributed by atoms with Crippen molar-refractivity contribution in [2.75, 3.05) is 5.32 Å². The maximum Gasteiger partial charge on any atom is 0.417 e. The zero-order valence-electron chi connectivity index (χ0n) is 19.0. The molecule has 1 amide bonds. The highest BCUT2D eigenvalue weighted by atomic mass is 32.1. The van der Waals surface area contributed by atoms with E-state index in [9.17, 15) is 4.79 Å². The number of ether oxygens (including phenoxy) is 1. The molecule has 2 heterocycles. The van der Waals surface area contributed by atoms with E-state index in [0.717, 1.165) is 40.3 Å². The summed E-state index contributed by atoms with van der Waals surface area (Å²) in [6.45, 7) is 4.16. The minimum Gasteiger partial charge on any atom is -0.406 e. The summed E-state index contributed by atoms with van der Waals surface area (Å²) in [7, 11) is 0. The number of para-hydroxylation sites is 1. The Hall–Kier alpha value is -3.97. The SMILES string of the molecule is CCCc1c(OC(=O)Nc2ccc(-c3nc4ccc(C)cc4s3)cc2)cnn1-c1ccccc1. The minimum atomic E-state index is -0.548. The van der Waals surface area contributed by atoms with E-state index in [-0.39, 0.29) is 0 Å². The molecule has 5 aromatic rings. The molecule has 0 bridgehead atoms. The molecular formula is C27H24N4O2S. The Bertz CT molecular complexity index is 1440. The van der Waals surface area contributed by atoms with Crippen LogP contribution in [0.5, 0.6) is 5.75 Å². The Kier molecular flexibility index (Phi) is 6.10. The van der Waals surface area contributed by atoms with Crippen LogP contribution in [0.25, 0.3) is 26.5 Å². The number of rotatable bonds is 6. The average molecular weight is 469 g/mol. The summed E-state index contributed by atoms with van der Waals surface area (Å²) in [5.41, 5.74) is 5.67. The van der Waals surface area contributed by atoms with E-state index in [1.54, 1.807) is 17.5 Å². The molecule has 7 heteroatoms. The van der Waals surface area contributed by atoms with Crippen LogP contribution < -0.4 is 10.1 Å². The van der Waals surface area contributed by atoms with Crippen molar-refractivity contribution in [3.63, 3.8) is 0 Å². The van der Waals surface area contributed by atoms with Crippen molar-refractivity contribution < 1.29 is 9.53 Å². The van der Waals surface area contributed by atoms with Crippen molar-refractivity contribution in [1.82, 2.24) is 14.8 Å². The molecule has 0 saturated heterocycles. The zero-order valence-corrected chi connectivity index (χ0v) is 19.8. The largest absolute Gasteiger partial charge is 0.417 e. The topological polar surface area (TPSA) is 69.0 Å². The third-order valence-electron chi connectivity index (χ3n) is 5.44. The number of nitrogens with zero attached hydrogens (tertiary/aromatic N) is 3. The molecule has 3 aromatic carbocycles. The van der Waals surface area contributed by atoms with E-state index in [1.165, 1.54) is 10.3 Å². The van der Waals surface area contributed by atoms with Crippen LogP contribution in [0.4, 0.5) is 10.5 Å². The van der Waals surface area contributed by atoms with E-state index >= 15 is 0 Å². The molecule has 34 heavy (non-hydrogen) atoms. The highest BCUT2D eigenvalue weighted by molar-refractivity contribution is 7.21. The normalized spacial score (nSPS) is 11.0. The van der Waals surface area contributed by atoms with E-state index in [2.05, 4.69) is 36.4 Å². The number of amides is 1. The Morgan fingerprint density at radius 1 is 1.06 bits per heavy atom. The lowest BCUT2D eigenvalue weighted by molar-refractivity contribution is 0.214. The molecule has 0 atom stereocenters. The molecule has 0 unspecified atom stereocenters. The van der Waals surface area contributed by atoms with Gasteiger partial charge in [-0.05, 0) is 67.4 Å². The number of nitrogens with one attached hydrogen (secondary N) is 1. The van der Waals surface area contributed by atoms with Crippen LogP contribution in [-0.4, -0.2) is 20.9 Å². The summed E-state index contributed by atoms with van der Waals surface area (Å²) < 4.78 is 8.61. The number of hydrogen-bond acceptors (Lipinski definition) is 5.